The molecule has 12 aromatic rings. The number of pyridine rings is 5. The fourth-order valence-corrected chi connectivity index (χ4v) is 20.0. The van der Waals surface area contributed by atoms with E-state index in [4.69, 9.17) is 24.1 Å². The van der Waals surface area contributed by atoms with Crippen molar-refractivity contribution in [2.24, 2.45) is 16.2 Å². The highest BCUT2D eigenvalue weighted by Crippen LogP contribution is 2.63. The minimum Gasteiger partial charge on any atom is -0.480 e. The van der Waals surface area contributed by atoms with E-state index in [1.165, 1.54) is 29.4 Å². The van der Waals surface area contributed by atoms with Gasteiger partial charge in [0.25, 0.3) is 0 Å². The third-order valence-electron chi connectivity index (χ3n) is 26.0. The van der Waals surface area contributed by atoms with Crippen molar-refractivity contribution in [2.45, 2.75) is 201 Å². The van der Waals surface area contributed by atoms with Crippen molar-refractivity contribution in [3.05, 3.63) is 230 Å². The van der Waals surface area contributed by atoms with Crippen LogP contribution in [0.25, 0.3) is 61.0 Å². The number of Topliss-reactive ketones (excluding diaryl/α,β-unsaturated/α-hetero) is 5. The molecule has 9 aliphatic rings. The van der Waals surface area contributed by atoms with Gasteiger partial charge in [-0.05, 0) is 185 Å². The monoisotopic (exact) mass is 1990 g/mol. The van der Waals surface area contributed by atoms with Crippen molar-refractivity contribution in [3.8, 4) is 22.5 Å². The quantitative estimate of drug-likeness (QED) is 0.105. The zero-order chi connectivity index (χ0) is 93.4. The summed E-state index contributed by atoms with van der Waals surface area (Å²) in [5, 5.41) is 35.9. The van der Waals surface area contributed by atoms with Crippen molar-refractivity contribution in [3.63, 3.8) is 0 Å². The lowest BCUT2D eigenvalue weighted by molar-refractivity contribution is -0.139. The maximum Gasteiger partial charge on any atom is 0.411 e. The fourth-order valence-electron chi connectivity index (χ4n) is 19.0. The van der Waals surface area contributed by atoms with E-state index in [1.807, 2.05) is 96.0 Å². The summed E-state index contributed by atoms with van der Waals surface area (Å²) in [5.74, 6) is -0.409. The number of carboxylic acid groups (broad SMARTS) is 1. The van der Waals surface area contributed by atoms with Gasteiger partial charge in [-0.25, -0.2) is 39.7 Å². The number of hydrogen-bond donors (Lipinski definition) is 2. The average Bonchev–Trinajstić information content (AvgIpc) is 1.53. The van der Waals surface area contributed by atoms with Crippen molar-refractivity contribution in [1.82, 2.24) is 109 Å². The summed E-state index contributed by atoms with van der Waals surface area (Å²) in [4.78, 5) is 147. The molecule has 2 N–H and O–H groups in total. The molecule has 35 nitrogen and oxygen atoms in total. The molecule has 3 saturated heterocycles. The Morgan fingerprint density at radius 2 is 0.895 bits per heavy atom. The fraction of sp³-hybridized carbons (Fsp3) is 0.389. The van der Waals surface area contributed by atoms with Crippen molar-refractivity contribution in [1.29, 1.82) is 0 Å². The lowest BCUT2D eigenvalue weighted by Gasteiger charge is -2.30. The summed E-state index contributed by atoms with van der Waals surface area (Å²) in [6.07, 6.45) is 25.9. The van der Waals surface area contributed by atoms with Gasteiger partial charge in [0.15, 0.2) is 28.9 Å². The smallest absolute Gasteiger partial charge is 0.411 e. The zero-order valence-electron chi connectivity index (χ0n) is 74.1. The first-order valence-corrected chi connectivity index (χ1v) is 46.0. The highest BCUT2D eigenvalue weighted by atomic mass is 79.9. The number of ketones is 5. The van der Waals surface area contributed by atoms with E-state index in [1.54, 1.807) is 79.2 Å². The van der Waals surface area contributed by atoms with Gasteiger partial charge in [0, 0.05) is 150 Å². The Morgan fingerprint density at radius 3 is 1.31 bits per heavy atom. The minimum absolute atomic E-state index is 0.0373. The molecule has 3 aliphatic carbocycles. The number of nitrogens with zero attached hydrogens (tertiary/aromatic N) is 21. The van der Waals surface area contributed by atoms with E-state index in [0.29, 0.717) is 148 Å². The van der Waals surface area contributed by atoms with E-state index >= 15 is 0 Å². The molecule has 6 fully saturated rings. The maximum atomic E-state index is 14.4. The Balaban J connectivity index is 0.000000124. The van der Waals surface area contributed by atoms with Gasteiger partial charge < -0.3 is 34.3 Å². The molecule has 12 bridgehead atoms. The van der Waals surface area contributed by atoms with Gasteiger partial charge in [-0.3, -0.25) is 71.8 Å². The first-order chi connectivity index (χ1) is 63.6. The molecule has 3 spiro atoms. The molecule has 0 radical (unpaired) electrons. The normalized spacial score (nSPS) is 23.0. The second-order valence-electron chi connectivity index (χ2n) is 36.8. The van der Waals surface area contributed by atoms with Gasteiger partial charge in [0.2, 0.25) is 5.91 Å². The van der Waals surface area contributed by atoms with Crippen LogP contribution in [0.2, 0.25) is 0 Å². The Labute approximate surface area is 788 Å². The van der Waals surface area contributed by atoms with E-state index in [0.717, 1.165) is 92.6 Å². The lowest BCUT2D eigenvalue weighted by atomic mass is 9.94. The Kier molecular flexibility index (Phi) is 25.0. The van der Waals surface area contributed by atoms with Crippen LogP contribution in [0.3, 0.4) is 0 Å². The van der Waals surface area contributed by atoms with Gasteiger partial charge in [-0.1, -0.05) is 37.9 Å². The Bertz CT molecular complexity index is 6760. The molecule has 133 heavy (non-hydrogen) atoms. The molecule has 21 rings (SSSR count). The van der Waals surface area contributed by atoms with Gasteiger partial charge in [-0.2, -0.15) is 25.5 Å². The minimum atomic E-state index is -1.04. The molecule has 684 valence electrons. The molecular formula is C95H95Br3N22O13. The van der Waals surface area contributed by atoms with Crippen LogP contribution in [-0.4, -0.2) is 217 Å². The number of fused-ring (bicyclic) bond motifs is 14. The third-order valence-corrected chi connectivity index (χ3v) is 27.3. The SMILES string of the molecule is C=C1COCc2ccc(Br)nc2CC(=O)[C@@H]2C[C@]3(C[C@H]3N2)Cn2cc1cn2.C=C1COCc2ccc(Br)nc2CC(=O)[C@@H]2C[C@]3(C[C@H]3N2C(=O)Cn2nc(C(C)=O)c3cc(-c4cnc(C)nc4)ncc32)Cn2cc1cn2.C=C1COCc2ccc(Br)nc2CC(=O)[C@@H]2C[C@]3(C[C@H]3N2C(=O)OC(C)(C)C)Cn2cc1cn2.CC(=O)c1nn(CC(=O)O)c2cnc(-c3cnc(C)nc3)cc12. The second kappa shape index (κ2) is 36.5. The molecule has 2 amide bonds. The number of hydrogen-bond acceptors (Lipinski definition) is 27. The molecule has 0 unspecified atom stereocenters. The van der Waals surface area contributed by atoms with Crippen LogP contribution in [0.4, 0.5) is 4.79 Å². The number of rotatable bonds is 8. The highest BCUT2D eigenvalue weighted by molar-refractivity contribution is 9.11. The van der Waals surface area contributed by atoms with Gasteiger partial charge in [0.05, 0.1) is 148 Å². The molecule has 3 saturated carbocycles. The second-order valence-corrected chi connectivity index (χ2v) is 39.2. The molecule has 9 atom stereocenters. The number of piperidine rings is 3. The molecule has 38 heteroatoms. The third kappa shape index (κ3) is 19.4. The number of likely N-dealkylation sites (tertiary alicyclic amines) is 2. The number of ether oxygens (including phenoxy) is 4. The highest BCUT2D eigenvalue weighted by Gasteiger charge is 2.69. The first-order valence-electron chi connectivity index (χ1n) is 43.6. The van der Waals surface area contributed by atoms with Gasteiger partial charge in [0.1, 0.15) is 55.5 Å². The number of carboxylic acids is 1. The number of aromatic nitrogens is 19. The predicted octanol–water partition coefficient (Wildman–Crippen LogP) is 12.3. The lowest BCUT2D eigenvalue weighted by Crippen LogP contribution is -2.46. The first kappa shape index (κ1) is 91.1. The van der Waals surface area contributed by atoms with Crippen molar-refractivity contribution >= 4 is 133 Å². The average molecular weight is 1990 g/mol. The summed E-state index contributed by atoms with van der Waals surface area (Å²) in [6.45, 7) is 28.0. The number of carbonyl (C=O) groups excluding carboxylic acids is 7. The number of carbonyl (C=O) groups is 8. The number of nitrogens with one attached hydrogen (secondary N) is 1. The van der Waals surface area contributed by atoms with E-state index in [2.05, 4.69) is 143 Å². The van der Waals surface area contributed by atoms with Gasteiger partial charge in [-0.15, -0.1) is 0 Å². The predicted molar refractivity (Wildman–Crippen MR) is 495 cm³/mol. The van der Waals surface area contributed by atoms with E-state index in [-0.39, 0.29) is 113 Å². The van der Waals surface area contributed by atoms with E-state index < -0.39 is 29.7 Å². The van der Waals surface area contributed by atoms with E-state index in [9.17, 15) is 38.4 Å². The van der Waals surface area contributed by atoms with Crippen LogP contribution in [0.1, 0.15) is 156 Å². The van der Waals surface area contributed by atoms with Crippen LogP contribution >= 0.6 is 47.8 Å². The van der Waals surface area contributed by atoms with Crippen LogP contribution < -0.4 is 5.32 Å². The summed E-state index contributed by atoms with van der Waals surface area (Å²) in [5.41, 5.74) is 13.1. The van der Waals surface area contributed by atoms with Crippen molar-refractivity contribution < 1.29 is 62.4 Å². The number of amides is 2. The number of halogens is 3. The Morgan fingerprint density at radius 1 is 0.496 bits per heavy atom. The Hall–Kier alpha value is -12.5. The summed E-state index contributed by atoms with van der Waals surface area (Å²) < 4.78 is 34.0. The van der Waals surface area contributed by atoms with Crippen LogP contribution in [0, 0.1) is 30.1 Å². The van der Waals surface area contributed by atoms with Crippen LogP contribution in [0.5, 0.6) is 0 Å². The zero-order valence-corrected chi connectivity index (χ0v) is 78.9. The largest absolute Gasteiger partial charge is 0.480 e. The van der Waals surface area contributed by atoms with Crippen molar-refractivity contribution in [2.75, 3.05) is 19.8 Å². The topological polar surface area (TPSA) is 417 Å². The van der Waals surface area contributed by atoms with Gasteiger partial charge >= 0.3 is 12.1 Å². The molecule has 6 aliphatic heterocycles. The molecule has 18 heterocycles. The summed E-state index contributed by atoms with van der Waals surface area (Å²) in [6, 6.07) is 13.7. The molecule has 0 aromatic carbocycles. The maximum absolute atomic E-state index is 14.4. The molecular weight excluding hydrogens is 1900 g/mol. The number of aryl methyl sites for hydroxylation is 2. The molecule has 12 aromatic heterocycles. The number of aliphatic carboxylic acids is 1. The summed E-state index contributed by atoms with van der Waals surface area (Å²) in [7, 11) is 0. The van der Waals surface area contributed by atoms with Crippen LogP contribution in [0.15, 0.2) is 156 Å². The summed E-state index contributed by atoms with van der Waals surface area (Å²) >= 11 is 10.3. The van der Waals surface area contributed by atoms with Crippen LogP contribution in [-0.2, 0) is 115 Å². The standard InChI is InChI=1S/C35H32BrN9O4.C25H29BrN4O4.C20H21BrN4O2.C15H13N5O3/c1-19-16-49-17-22-4-5-32(36)41-27(22)7-30(47)28-8-35(18-43-14-24(19)12-40-43)9-31(35)45(28)33(48)15-44-29-13-39-26(23-10-37-21(3)38-11-23)6-25(29)34(42-44)20(2)46;1-15-12-33-13-16-5-6-22(26)28-18(16)7-20(31)19-8-25(14-29-11-17(15)10-27-29)9-21(25)30(19)23(32)34-24(2,3)4;1-12-9-27-10-13-2-3-19(21)24-15(13)4-17(26)16-5-20(6-18(20)23-16)11-25-8-14(12)7-22-25;1-8(21)15-11-3-12(10-4-16-9(2)17-5-10)18-6-13(11)20(19-15)7-14(22)23/h4-6,10-14,28,31H,1,7-9,15-18H2,2-3H3;5-6,10-11,19,21H,1,7-9,12-14H2,2-4H3;2-3,7-8,16,18,23H,1,4-6,9-11H2;3-6H,7H2,1-2H3,(H,22,23)/t28-,31+,35-;19-,21+,25-;16-,18+,20-;/m000./s1.